The molecule has 226 valence electrons. The third kappa shape index (κ3) is 3.48. The molecule has 3 heteroatoms. The van der Waals surface area contributed by atoms with Crippen molar-refractivity contribution in [1.29, 1.82) is 5.26 Å². The van der Waals surface area contributed by atoms with Crippen LogP contribution in [0.15, 0.2) is 108 Å². The molecule has 0 unspecified atom stereocenters. The van der Waals surface area contributed by atoms with Gasteiger partial charge in [-0.1, -0.05) is 88.4 Å². The molecule has 0 saturated heterocycles. The van der Waals surface area contributed by atoms with Crippen LogP contribution in [0.2, 0.25) is 0 Å². The average Bonchev–Trinajstić information content (AvgIpc) is 3.64. The minimum atomic E-state index is -0.293. The van der Waals surface area contributed by atoms with Gasteiger partial charge in [0.2, 0.25) is 5.69 Å². The predicted molar refractivity (Wildman–Crippen MR) is 190 cm³/mol. The molecule has 5 aromatic carbocycles. The topological polar surface area (TPSA) is 40.8 Å². The van der Waals surface area contributed by atoms with E-state index in [9.17, 15) is 5.26 Å². The van der Waals surface area contributed by atoms with Crippen LogP contribution >= 0.6 is 0 Å². The molecule has 0 N–H and O–H groups in total. The SMILES string of the molecule is Cc1ccc2c(oc3c(-c4cc5c(c6c4C(C)(C)c4ccccc4-6)-c4ccccc4C5(C)C)c(C#N)ccc32)c1-c1cccc[n+]1C. The van der Waals surface area contributed by atoms with E-state index in [1.165, 1.54) is 44.5 Å². The molecule has 0 fully saturated rings. The number of hydrogen-bond donors (Lipinski definition) is 0. The van der Waals surface area contributed by atoms with Gasteiger partial charge >= 0.3 is 0 Å². The Bertz CT molecular complexity index is 2550. The number of nitriles is 1. The maximum atomic E-state index is 10.7. The zero-order chi connectivity index (χ0) is 32.4. The summed E-state index contributed by atoms with van der Waals surface area (Å²) in [7, 11) is 2.07. The summed E-state index contributed by atoms with van der Waals surface area (Å²) in [6.07, 6.45) is 2.07. The molecule has 7 aromatic rings. The summed E-state index contributed by atoms with van der Waals surface area (Å²) in [6, 6.07) is 37.4. The lowest BCUT2D eigenvalue weighted by molar-refractivity contribution is -0.660. The van der Waals surface area contributed by atoms with Crippen molar-refractivity contribution in [2.75, 3.05) is 0 Å². The van der Waals surface area contributed by atoms with Crippen molar-refractivity contribution >= 4 is 21.9 Å². The molecule has 47 heavy (non-hydrogen) atoms. The molecule has 9 rings (SSSR count). The summed E-state index contributed by atoms with van der Waals surface area (Å²) in [5, 5.41) is 12.8. The van der Waals surface area contributed by atoms with Gasteiger partial charge in [-0.15, -0.1) is 0 Å². The maximum Gasteiger partial charge on any atom is 0.216 e. The number of nitrogens with zero attached hydrogens (tertiary/aromatic N) is 2. The molecular formula is C44H35N2O+. The van der Waals surface area contributed by atoms with Crippen molar-refractivity contribution in [3.63, 3.8) is 0 Å². The second kappa shape index (κ2) is 9.30. The summed E-state index contributed by atoms with van der Waals surface area (Å²) < 4.78 is 9.22. The third-order valence-corrected chi connectivity index (χ3v) is 11.1. The first-order chi connectivity index (χ1) is 22.6. The van der Waals surface area contributed by atoms with Crippen LogP contribution in [0.1, 0.15) is 61.1 Å². The maximum absolute atomic E-state index is 10.7. The van der Waals surface area contributed by atoms with Gasteiger partial charge in [0.05, 0.1) is 17.2 Å². The molecule has 0 spiro atoms. The van der Waals surface area contributed by atoms with Gasteiger partial charge in [-0.05, 0) is 86.8 Å². The number of rotatable bonds is 2. The van der Waals surface area contributed by atoms with Crippen LogP contribution in [0.4, 0.5) is 0 Å². The number of hydrogen-bond acceptors (Lipinski definition) is 2. The molecule has 0 saturated carbocycles. The predicted octanol–water partition coefficient (Wildman–Crippen LogP) is 10.5. The number of pyridine rings is 1. The smallest absolute Gasteiger partial charge is 0.216 e. The van der Waals surface area contributed by atoms with Crippen LogP contribution < -0.4 is 4.57 Å². The fourth-order valence-corrected chi connectivity index (χ4v) is 8.81. The monoisotopic (exact) mass is 607 g/mol. The van der Waals surface area contributed by atoms with Gasteiger partial charge in [-0.2, -0.15) is 5.26 Å². The van der Waals surface area contributed by atoms with Crippen molar-refractivity contribution in [3.05, 3.63) is 137 Å². The summed E-state index contributed by atoms with van der Waals surface area (Å²) in [4.78, 5) is 0. The molecule has 0 aliphatic heterocycles. The lowest BCUT2D eigenvalue weighted by atomic mass is 9.74. The molecule has 2 heterocycles. The third-order valence-electron chi connectivity index (χ3n) is 11.1. The lowest BCUT2D eigenvalue weighted by Gasteiger charge is -2.28. The first kappa shape index (κ1) is 27.8. The zero-order valence-corrected chi connectivity index (χ0v) is 27.6. The summed E-state index contributed by atoms with van der Waals surface area (Å²) in [6.45, 7) is 11.5. The minimum Gasteiger partial charge on any atom is -0.454 e. The quantitative estimate of drug-likeness (QED) is 0.184. The number of aromatic nitrogens is 1. The highest BCUT2D eigenvalue weighted by atomic mass is 16.3. The van der Waals surface area contributed by atoms with Gasteiger partial charge in [0.15, 0.2) is 6.20 Å². The van der Waals surface area contributed by atoms with Crippen LogP contribution in [-0.2, 0) is 17.9 Å². The van der Waals surface area contributed by atoms with Crippen LogP contribution in [-0.4, -0.2) is 0 Å². The van der Waals surface area contributed by atoms with Crippen molar-refractivity contribution in [2.45, 2.75) is 45.4 Å². The van der Waals surface area contributed by atoms with E-state index < -0.39 is 0 Å². The molecule has 0 amide bonds. The van der Waals surface area contributed by atoms with E-state index in [1.807, 2.05) is 12.1 Å². The van der Waals surface area contributed by atoms with Crippen LogP contribution in [0.3, 0.4) is 0 Å². The fourth-order valence-electron chi connectivity index (χ4n) is 8.81. The highest BCUT2D eigenvalue weighted by Gasteiger charge is 2.45. The second-order valence-corrected chi connectivity index (χ2v) is 14.3. The average molecular weight is 608 g/mol. The fraction of sp³-hybridized carbons (Fsp3) is 0.182. The highest BCUT2D eigenvalue weighted by Crippen LogP contribution is 2.62. The first-order valence-electron chi connectivity index (χ1n) is 16.4. The Hall–Kier alpha value is -5.46. The van der Waals surface area contributed by atoms with Crippen molar-refractivity contribution < 1.29 is 8.98 Å². The Morgan fingerprint density at radius 3 is 1.94 bits per heavy atom. The molecule has 0 atom stereocenters. The summed E-state index contributed by atoms with van der Waals surface area (Å²) >= 11 is 0. The highest BCUT2D eigenvalue weighted by molar-refractivity contribution is 6.15. The normalized spacial score (nSPS) is 14.9. The lowest BCUT2D eigenvalue weighted by Crippen LogP contribution is -2.30. The molecule has 2 aliphatic rings. The van der Waals surface area contributed by atoms with E-state index in [-0.39, 0.29) is 10.8 Å². The van der Waals surface area contributed by atoms with Crippen molar-refractivity contribution in [2.24, 2.45) is 7.05 Å². The number of aryl methyl sites for hydroxylation is 2. The van der Waals surface area contributed by atoms with Gasteiger partial charge < -0.3 is 4.42 Å². The Morgan fingerprint density at radius 2 is 1.23 bits per heavy atom. The van der Waals surface area contributed by atoms with Gasteiger partial charge in [-0.3, -0.25) is 0 Å². The van der Waals surface area contributed by atoms with E-state index in [1.54, 1.807) is 0 Å². The number of benzene rings is 5. The van der Waals surface area contributed by atoms with Crippen molar-refractivity contribution in [1.82, 2.24) is 0 Å². The van der Waals surface area contributed by atoms with Gasteiger partial charge in [-0.25, -0.2) is 4.57 Å². The molecule has 0 bridgehead atoms. The van der Waals surface area contributed by atoms with E-state index in [0.717, 1.165) is 49.9 Å². The summed E-state index contributed by atoms with van der Waals surface area (Å²) in [5.74, 6) is 0. The van der Waals surface area contributed by atoms with Gasteiger partial charge in [0, 0.05) is 39.3 Å². The first-order valence-corrected chi connectivity index (χ1v) is 16.4. The largest absolute Gasteiger partial charge is 0.454 e. The standard InChI is InChI=1S/C44H35N2O/c1-25-18-20-27-28-21-19-26(24-45)37(42(28)47-41(27)36(25)35-17-11-12-22-46(35)6)31-23-34-38(29-13-7-9-15-32(29)43(34,2)3)39-30-14-8-10-16-33(30)44(4,5)40(31)39/h7-23H,1-6H3/q+1. The summed E-state index contributed by atoms with van der Waals surface area (Å²) in [5.41, 5.74) is 17.5. The van der Waals surface area contributed by atoms with Crippen LogP contribution in [0.25, 0.3) is 66.6 Å². The Kier molecular flexibility index (Phi) is 5.51. The van der Waals surface area contributed by atoms with Gasteiger partial charge in [0.25, 0.3) is 0 Å². The molecule has 2 aromatic heterocycles. The molecule has 2 aliphatic carbocycles. The molecular weight excluding hydrogens is 572 g/mol. The van der Waals surface area contributed by atoms with Crippen LogP contribution in [0.5, 0.6) is 0 Å². The number of furan rings is 1. The van der Waals surface area contributed by atoms with E-state index >= 15 is 0 Å². The van der Waals surface area contributed by atoms with Crippen LogP contribution in [0, 0.1) is 18.3 Å². The molecule has 0 radical (unpaired) electrons. The Balaban J connectivity index is 1.46. The minimum absolute atomic E-state index is 0.210. The number of fused-ring (bicyclic) bond motifs is 10. The molecule has 3 nitrogen and oxygen atoms in total. The Morgan fingerprint density at radius 1 is 0.617 bits per heavy atom. The van der Waals surface area contributed by atoms with E-state index in [0.29, 0.717) is 5.56 Å². The van der Waals surface area contributed by atoms with E-state index in [4.69, 9.17) is 4.42 Å². The van der Waals surface area contributed by atoms with Crippen molar-refractivity contribution in [3.8, 4) is 50.7 Å². The van der Waals surface area contributed by atoms with E-state index in [2.05, 4.69) is 143 Å². The second-order valence-electron chi connectivity index (χ2n) is 14.3. The van der Waals surface area contributed by atoms with Gasteiger partial charge in [0.1, 0.15) is 18.2 Å². The Labute approximate surface area is 275 Å². The zero-order valence-electron chi connectivity index (χ0n) is 27.6.